The minimum atomic E-state index is -0.157. The highest BCUT2D eigenvalue weighted by molar-refractivity contribution is 8.18. The highest BCUT2D eigenvalue weighted by Crippen LogP contribution is 2.29. The molecule has 1 amide bonds. The molecule has 1 aromatic carbocycles. The van der Waals surface area contributed by atoms with Crippen molar-refractivity contribution in [1.82, 2.24) is 5.32 Å². The Morgan fingerprint density at radius 2 is 2.00 bits per heavy atom. The molecule has 1 saturated heterocycles. The van der Waals surface area contributed by atoms with Gasteiger partial charge in [0.15, 0.2) is 5.17 Å². The molecular weight excluding hydrogens is 320 g/mol. The van der Waals surface area contributed by atoms with E-state index in [-0.39, 0.29) is 5.91 Å². The summed E-state index contributed by atoms with van der Waals surface area (Å²) >= 11 is 7.15. The van der Waals surface area contributed by atoms with Gasteiger partial charge < -0.3 is 9.73 Å². The van der Waals surface area contributed by atoms with E-state index in [0.29, 0.717) is 15.1 Å². The quantitative estimate of drug-likeness (QED) is 0.827. The summed E-state index contributed by atoms with van der Waals surface area (Å²) in [5.74, 6) is 1.46. The number of carbonyl (C=O) groups is 1. The maximum Gasteiger partial charge on any atom is 0.264 e. The number of hydrogen-bond donors (Lipinski definition) is 1. The Kier molecular flexibility index (Phi) is 4.09. The minimum Gasteiger partial charge on any atom is -0.466 e. The molecule has 0 unspecified atom stereocenters. The number of halogens is 1. The second-order valence-electron chi connectivity index (χ2n) is 4.83. The van der Waals surface area contributed by atoms with Gasteiger partial charge in [0.05, 0.1) is 10.6 Å². The monoisotopic (exact) mass is 332 g/mol. The van der Waals surface area contributed by atoms with Gasteiger partial charge in [-0.2, -0.15) is 0 Å². The number of thioether (sulfide) groups is 1. The lowest BCUT2D eigenvalue weighted by molar-refractivity contribution is -0.115. The second kappa shape index (κ2) is 6.02. The Morgan fingerprint density at radius 1 is 1.27 bits per heavy atom. The van der Waals surface area contributed by atoms with Gasteiger partial charge in [-0.05, 0) is 62.0 Å². The number of benzene rings is 1. The molecule has 22 heavy (non-hydrogen) atoms. The lowest BCUT2D eigenvalue weighted by atomic mass is 10.2. The van der Waals surface area contributed by atoms with Crippen LogP contribution in [0.25, 0.3) is 6.08 Å². The maximum atomic E-state index is 12.0. The topological polar surface area (TPSA) is 54.6 Å². The van der Waals surface area contributed by atoms with E-state index < -0.39 is 0 Å². The molecule has 2 heterocycles. The van der Waals surface area contributed by atoms with Crippen LogP contribution in [0.5, 0.6) is 0 Å². The van der Waals surface area contributed by atoms with Crippen molar-refractivity contribution in [2.45, 2.75) is 13.8 Å². The molecule has 0 aliphatic carbocycles. The van der Waals surface area contributed by atoms with Gasteiger partial charge in [-0.15, -0.1) is 0 Å². The van der Waals surface area contributed by atoms with Crippen molar-refractivity contribution in [2.75, 3.05) is 0 Å². The number of carbonyl (C=O) groups excluding carboxylic acids is 1. The van der Waals surface area contributed by atoms with E-state index >= 15 is 0 Å². The Morgan fingerprint density at radius 3 is 2.64 bits per heavy atom. The Hall–Kier alpha value is -1.98. The molecule has 0 radical (unpaired) electrons. The van der Waals surface area contributed by atoms with Gasteiger partial charge in [0.25, 0.3) is 5.91 Å². The van der Waals surface area contributed by atoms with Crippen LogP contribution in [0.4, 0.5) is 5.69 Å². The molecule has 6 heteroatoms. The number of amides is 1. The maximum absolute atomic E-state index is 12.0. The van der Waals surface area contributed by atoms with Crippen LogP contribution >= 0.6 is 23.4 Å². The van der Waals surface area contributed by atoms with Crippen molar-refractivity contribution in [2.24, 2.45) is 4.99 Å². The van der Waals surface area contributed by atoms with E-state index in [2.05, 4.69) is 10.3 Å². The third-order valence-corrected chi connectivity index (χ3v) is 4.24. The van der Waals surface area contributed by atoms with E-state index in [1.165, 1.54) is 11.8 Å². The number of hydrogen-bond acceptors (Lipinski definition) is 4. The van der Waals surface area contributed by atoms with Crippen LogP contribution in [0.3, 0.4) is 0 Å². The molecule has 1 fully saturated rings. The lowest BCUT2D eigenvalue weighted by Gasteiger charge is -1.96. The SMILES string of the molecule is Cc1cc(/C=C2\SC(=Nc3ccc(Cl)cc3)NC2=O)c(C)o1. The van der Waals surface area contributed by atoms with E-state index in [0.717, 1.165) is 22.8 Å². The Balaban J connectivity index is 1.84. The van der Waals surface area contributed by atoms with Crippen molar-refractivity contribution >= 4 is 46.2 Å². The van der Waals surface area contributed by atoms with Crippen molar-refractivity contribution in [3.63, 3.8) is 0 Å². The highest BCUT2D eigenvalue weighted by Gasteiger charge is 2.24. The fourth-order valence-corrected chi connectivity index (χ4v) is 3.01. The number of aliphatic imine (C=N–C) groups is 1. The van der Waals surface area contributed by atoms with Crippen LogP contribution in [-0.4, -0.2) is 11.1 Å². The standard InChI is InChI=1S/C16H13ClN2O2S/c1-9-7-11(10(2)21-9)8-14-15(20)19-16(22-14)18-13-5-3-12(17)4-6-13/h3-8H,1-2H3,(H,18,19,20)/b14-8-. The number of nitrogens with one attached hydrogen (secondary N) is 1. The van der Waals surface area contributed by atoms with Gasteiger partial charge in [-0.3, -0.25) is 4.79 Å². The number of rotatable bonds is 2. The smallest absolute Gasteiger partial charge is 0.264 e. The first-order chi connectivity index (χ1) is 10.5. The van der Waals surface area contributed by atoms with Crippen LogP contribution < -0.4 is 5.32 Å². The zero-order chi connectivity index (χ0) is 15.7. The molecular formula is C16H13ClN2O2S. The molecule has 4 nitrogen and oxygen atoms in total. The summed E-state index contributed by atoms with van der Waals surface area (Å²) < 4.78 is 5.47. The average molecular weight is 333 g/mol. The van der Waals surface area contributed by atoms with Crippen molar-refractivity contribution in [3.8, 4) is 0 Å². The number of furan rings is 1. The van der Waals surface area contributed by atoms with Crippen molar-refractivity contribution in [3.05, 3.63) is 57.3 Å². The predicted molar refractivity (Wildman–Crippen MR) is 90.4 cm³/mol. The fourth-order valence-electron chi connectivity index (χ4n) is 2.05. The molecule has 0 saturated carbocycles. The number of amidine groups is 1. The zero-order valence-electron chi connectivity index (χ0n) is 12.0. The third-order valence-electron chi connectivity index (χ3n) is 3.07. The van der Waals surface area contributed by atoms with Gasteiger partial charge >= 0.3 is 0 Å². The summed E-state index contributed by atoms with van der Waals surface area (Å²) in [6.45, 7) is 3.75. The van der Waals surface area contributed by atoms with E-state index in [4.69, 9.17) is 16.0 Å². The summed E-state index contributed by atoms with van der Waals surface area (Å²) in [7, 11) is 0. The van der Waals surface area contributed by atoms with Gasteiger partial charge in [-0.25, -0.2) is 4.99 Å². The third kappa shape index (κ3) is 3.26. The predicted octanol–water partition coefficient (Wildman–Crippen LogP) is 4.44. The minimum absolute atomic E-state index is 0.157. The summed E-state index contributed by atoms with van der Waals surface area (Å²) in [6, 6.07) is 9.03. The highest BCUT2D eigenvalue weighted by atomic mass is 35.5. The second-order valence-corrected chi connectivity index (χ2v) is 6.29. The van der Waals surface area contributed by atoms with Gasteiger partial charge in [0, 0.05) is 10.6 Å². The first-order valence-corrected chi connectivity index (χ1v) is 7.83. The first kappa shape index (κ1) is 14.9. The number of nitrogens with zero attached hydrogens (tertiary/aromatic N) is 1. The molecule has 112 valence electrons. The van der Waals surface area contributed by atoms with E-state index in [1.54, 1.807) is 24.3 Å². The largest absolute Gasteiger partial charge is 0.466 e. The summed E-state index contributed by atoms with van der Waals surface area (Å²) in [5, 5.41) is 3.96. The molecule has 1 aliphatic heterocycles. The van der Waals surface area contributed by atoms with Gasteiger partial charge in [-0.1, -0.05) is 11.6 Å². The Bertz CT molecular complexity index is 791. The van der Waals surface area contributed by atoms with Crippen LogP contribution in [0.15, 0.2) is 44.6 Å². The van der Waals surface area contributed by atoms with Crippen LogP contribution in [0.2, 0.25) is 5.02 Å². The molecule has 1 aliphatic rings. The van der Waals surface area contributed by atoms with Crippen molar-refractivity contribution < 1.29 is 9.21 Å². The van der Waals surface area contributed by atoms with Gasteiger partial charge in [0.2, 0.25) is 0 Å². The van der Waals surface area contributed by atoms with E-state index in [1.807, 2.05) is 26.0 Å². The molecule has 1 aromatic heterocycles. The molecule has 0 atom stereocenters. The Labute approximate surface area is 137 Å². The van der Waals surface area contributed by atoms with Crippen LogP contribution in [-0.2, 0) is 4.79 Å². The number of aryl methyl sites for hydroxylation is 2. The van der Waals surface area contributed by atoms with Crippen LogP contribution in [0, 0.1) is 13.8 Å². The first-order valence-electron chi connectivity index (χ1n) is 6.63. The van der Waals surface area contributed by atoms with E-state index in [9.17, 15) is 4.79 Å². The lowest BCUT2D eigenvalue weighted by Crippen LogP contribution is -2.19. The van der Waals surface area contributed by atoms with Crippen molar-refractivity contribution in [1.29, 1.82) is 0 Å². The average Bonchev–Trinajstić information content (AvgIpc) is 2.96. The summed E-state index contributed by atoms with van der Waals surface area (Å²) in [4.78, 5) is 17.0. The fraction of sp³-hybridized carbons (Fsp3) is 0.125. The molecule has 0 spiro atoms. The molecule has 1 N–H and O–H groups in total. The molecule has 2 aromatic rings. The van der Waals surface area contributed by atoms with Gasteiger partial charge in [0.1, 0.15) is 11.5 Å². The summed E-state index contributed by atoms with van der Waals surface area (Å²) in [6.07, 6.45) is 1.82. The molecule has 0 bridgehead atoms. The normalized spacial score (nSPS) is 18.2. The van der Waals surface area contributed by atoms with Crippen LogP contribution in [0.1, 0.15) is 17.1 Å². The summed E-state index contributed by atoms with van der Waals surface area (Å²) in [5.41, 5.74) is 1.65. The zero-order valence-corrected chi connectivity index (χ0v) is 13.6. The molecule has 3 rings (SSSR count).